The van der Waals surface area contributed by atoms with Gasteiger partial charge in [-0.1, -0.05) is 6.07 Å². The normalized spacial score (nSPS) is 18.8. The van der Waals surface area contributed by atoms with E-state index < -0.39 is 0 Å². The van der Waals surface area contributed by atoms with Crippen LogP contribution in [0, 0.1) is 11.3 Å². The van der Waals surface area contributed by atoms with Gasteiger partial charge in [0.05, 0.1) is 18.8 Å². The topological polar surface area (TPSA) is 45.5 Å². The largest absolute Gasteiger partial charge is 0.495 e. The Kier molecular flexibility index (Phi) is 5.40. The van der Waals surface area contributed by atoms with E-state index in [0.717, 1.165) is 31.7 Å². The molecule has 1 saturated heterocycles. The van der Waals surface area contributed by atoms with Crippen LogP contribution < -0.4 is 4.74 Å². The van der Waals surface area contributed by atoms with Gasteiger partial charge in [-0.3, -0.25) is 4.90 Å². The predicted molar refractivity (Wildman–Crippen MR) is 77.6 cm³/mol. The average Bonchev–Trinajstić information content (AvgIpc) is 2.48. The zero-order valence-corrected chi connectivity index (χ0v) is 12.3. The summed E-state index contributed by atoms with van der Waals surface area (Å²) in [6, 6.07) is 7.88. The van der Waals surface area contributed by atoms with E-state index >= 15 is 0 Å². The minimum Gasteiger partial charge on any atom is -0.495 e. The quantitative estimate of drug-likeness (QED) is 0.828. The average molecular weight is 274 g/mol. The number of nitrogens with zero attached hydrogens (tertiary/aromatic N) is 2. The van der Waals surface area contributed by atoms with Crippen LogP contribution in [0.2, 0.25) is 0 Å². The minimum absolute atomic E-state index is 0.356. The van der Waals surface area contributed by atoms with Crippen LogP contribution in [-0.4, -0.2) is 38.3 Å². The van der Waals surface area contributed by atoms with Gasteiger partial charge in [0.25, 0.3) is 0 Å². The lowest BCUT2D eigenvalue weighted by atomic mass is 10.1. The van der Waals surface area contributed by atoms with E-state index in [1.807, 2.05) is 18.2 Å². The molecule has 20 heavy (non-hydrogen) atoms. The highest BCUT2D eigenvalue weighted by Gasteiger charge is 2.16. The van der Waals surface area contributed by atoms with Crippen molar-refractivity contribution in [3.8, 4) is 11.8 Å². The van der Waals surface area contributed by atoms with Crippen molar-refractivity contribution >= 4 is 0 Å². The molecule has 1 unspecified atom stereocenters. The summed E-state index contributed by atoms with van der Waals surface area (Å²) in [4.78, 5) is 2.26. The Morgan fingerprint density at radius 1 is 1.45 bits per heavy atom. The number of nitriles is 1. The lowest BCUT2D eigenvalue weighted by Gasteiger charge is -2.27. The molecule has 2 rings (SSSR count). The van der Waals surface area contributed by atoms with E-state index in [4.69, 9.17) is 14.7 Å². The molecular formula is C16H22N2O2. The van der Waals surface area contributed by atoms with Gasteiger partial charge in [0, 0.05) is 19.7 Å². The molecular weight excluding hydrogens is 252 g/mol. The third-order valence-corrected chi connectivity index (χ3v) is 3.63. The summed E-state index contributed by atoms with van der Waals surface area (Å²) in [6.07, 6.45) is 3.96. The van der Waals surface area contributed by atoms with Crippen molar-refractivity contribution in [1.82, 2.24) is 4.90 Å². The van der Waals surface area contributed by atoms with Gasteiger partial charge < -0.3 is 9.47 Å². The lowest BCUT2D eigenvalue weighted by molar-refractivity contribution is -0.00259. The van der Waals surface area contributed by atoms with Gasteiger partial charge >= 0.3 is 0 Å². The molecule has 1 heterocycles. The van der Waals surface area contributed by atoms with Crippen molar-refractivity contribution in [2.24, 2.45) is 0 Å². The summed E-state index contributed by atoms with van der Waals surface area (Å²) in [7, 11) is 3.70. The molecule has 0 bridgehead atoms. The highest BCUT2D eigenvalue weighted by molar-refractivity contribution is 5.45. The van der Waals surface area contributed by atoms with Crippen LogP contribution in [0.3, 0.4) is 0 Å². The van der Waals surface area contributed by atoms with Crippen LogP contribution in [0.1, 0.15) is 30.4 Å². The number of methoxy groups -OCH3 is 1. The molecule has 0 aromatic heterocycles. The first-order valence-electron chi connectivity index (χ1n) is 7.10. The van der Waals surface area contributed by atoms with E-state index in [0.29, 0.717) is 17.4 Å². The Bertz CT molecular complexity index is 476. The lowest BCUT2D eigenvalue weighted by Crippen LogP contribution is -2.33. The Labute approximate surface area is 120 Å². The van der Waals surface area contributed by atoms with Crippen LogP contribution in [0.4, 0.5) is 0 Å². The molecule has 1 atom stereocenters. The van der Waals surface area contributed by atoms with Crippen molar-refractivity contribution in [2.45, 2.75) is 31.9 Å². The number of rotatable bonds is 5. The van der Waals surface area contributed by atoms with Crippen molar-refractivity contribution < 1.29 is 9.47 Å². The fourth-order valence-electron chi connectivity index (χ4n) is 2.60. The number of benzene rings is 1. The summed E-state index contributed by atoms with van der Waals surface area (Å²) in [5.74, 6) is 0.646. The van der Waals surface area contributed by atoms with Crippen LogP contribution in [0.15, 0.2) is 18.2 Å². The van der Waals surface area contributed by atoms with E-state index in [1.165, 1.54) is 12.8 Å². The van der Waals surface area contributed by atoms with Crippen LogP contribution in [0.25, 0.3) is 0 Å². The van der Waals surface area contributed by atoms with Crippen LogP contribution in [-0.2, 0) is 11.3 Å². The first-order chi connectivity index (χ1) is 9.72. The summed E-state index contributed by atoms with van der Waals surface area (Å²) < 4.78 is 11.0. The monoisotopic (exact) mass is 274 g/mol. The van der Waals surface area contributed by atoms with Gasteiger partial charge in [-0.25, -0.2) is 0 Å². The van der Waals surface area contributed by atoms with Gasteiger partial charge in [0.1, 0.15) is 11.8 Å². The molecule has 1 fully saturated rings. The molecule has 1 aliphatic heterocycles. The fourth-order valence-corrected chi connectivity index (χ4v) is 2.60. The molecule has 0 N–H and O–H groups in total. The highest BCUT2D eigenvalue weighted by Crippen LogP contribution is 2.20. The molecule has 1 aliphatic rings. The van der Waals surface area contributed by atoms with E-state index in [9.17, 15) is 0 Å². The zero-order chi connectivity index (χ0) is 14.4. The van der Waals surface area contributed by atoms with Crippen molar-refractivity contribution in [3.63, 3.8) is 0 Å². The summed E-state index contributed by atoms with van der Waals surface area (Å²) in [6.45, 7) is 2.67. The van der Waals surface area contributed by atoms with E-state index in [-0.39, 0.29) is 0 Å². The maximum absolute atomic E-state index is 8.98. The SMILES string of the molecule is COc1cc(CN(C)CC2CCCCO2)ccc1C#N. The first-order valence-corrected chi connectivity index (χ1v) is 7.10. The number of likely N-dealkylation sites (N-methyl/N-ethyl adjacent to an activating group) is 1. The first kappa shape index (κ1) is 14.8. The Morgan fingerprint density at radius 2 is 2.30 bits per heavy atom. The third kappa shape index (κ3) is 3.96. The molecule has 0 aliphatic carbocycles. The Morgan fingerprint density at radius 3 is 2.95 bits per heavy atom. The molecule has 0 radical (unpaired) electrons. The van der Waals surface area contributed by atoms with Crippen molar-refractivity contribution in [3.05, 3.63) is 29.3 Å². The molecule has 4 heteroatoms. The fraction of sp³-hybridized carbons (Fsp3) is 0.562. The maximum Gasteiger partial charge on any atom is 0.136 e. The summed E-state index contributed by atoms with van der Waals surface area (Å²) in [5.41, 5.74) is 1.73. The van der Waals surface area contributed by atoms with Gasteiger partial charge in [0.2, 0.25) is 0 Å². The molecule has 4 nitrogen and oxygen atoms in total. The maximum atomic E-state index is 8.98. The second kappa shape index (κ2) is 7.28. The van der Waals surface area contributed by atoms with Crippen molar-refractivity contribution in [2.75, 3.05) is 27.3 Å². The number of ether oxygens (including phenoxy) is 2. The van der Waals surface area contributed by atoms with Crippen molar-refractivity contribution in [1.29, 1.82) is 5.26 Å². The van der Waals surface area contributed by atoms with Crippen LogP contribution >= 0.6 is 0 Å². The molecule has 1 aromatic carbocycles. The molecule has 108 valence electrons. The predicted octanol–water partition coefficient (Wildman–Crippen LogP) is 2.57. The molecule has 1 aromatic rings. The standard InChI is InChI=1S/C16H22N2O2/c1-18(12-15-5-3-4-8-20-15)11-13-6-7-14(10-17)16(9-13)19-2/h6-7,9,15H,3-5,8,11-12H2,1-2H3. The van der Waals surface area contributed by atoms with Crippen LogP contribution in [0.5, 0.6) is 5.75 Å². The van der Waals surface area contributed by atoms with Gasteiger partial charge in [-0.05, 0) is 44.0 Å². The molecule has 0 saturated carbocycles. The molecule has 0 amide bonds. The Balaban J connectivity index is 1.93. The minimum atomic E-state index is 0.356. The van der Waals surface area contributed by atoms with Gasteiger partial charge in [-0.15, -0.1) is 0 Å². The Hall–Kier alpha value is -1.57. The van der Waals surface area contributed by atoms with E-state index in [2.05, 4.69) is 18.0 Å². The number of hydrogen-bond donors (Lipinski definition) is 0. The highest BCUT2D eigenvalue weighted by atomic mass is 16.5. The third-order valence-electron chi connectivity index (χ3n) is 3.63. The zero-order valence-electron chi connectivity index (χ0n) is 12.3. The second-order valence-corrected chi connectivity index (χ2v) is 5.33. The summed E-state index contributed by atoms with van der Waals surface area (Å²) in [5, 5.41) is 8.98. The molecule has 0 spiro atoms. The van der Waals surface area contributed by atoms with Gasteiger partial charge in [0.15, 0.2) is 0 Å². The van der Waals surface area contributed by atoms with Gasteiger partial charge in [-0.2, -0.15) is 5.26 Å². The summed E-state index contributed by atoms with van der Waals surface area (Å²) >= 11 is 0. The number of hydrogen-bond acceptors (Lipinski definition) is 4. The second-order valence-electron chi connectivity index (χ2n) is 5.33. The smallest absolute Gasteiger partial charge is 0.136 e. The van der Waals surface area contributed by atoms with E-state index in [1.54, 1.807) is 7.11 Å².